The molecule has 0 unspecified atom stereocenters. The molecule has 32 heavy (non-hydrogen) atoms. The van der Waals surface area contributed by atoms with Crippen LogP contribution in [0.1, 0.15) is 25.0 Å². The Morgan fingerprint density at radius 2 is 1.47 bits per heavy atom. The van der Waals surface area contributed by atoms with Gasteiger partial charge in [0, 0.05) is 23.8 Å². The lowest BCUT2D eigenvalue weighted by atomic mass is 10.1. The van der Waals surface area contributed by atoms with E-state index in [0.717, 1.165) is 4.90 Å². The van der Waals surface area contributed by atoms with Crippen LogP contribution in [0.25, 0.3) is 0 Å². The summed E-state index contributed by atoms with van der Waals surface area (Å²) in [7, 11) is 0. The van der Waals surface area contributed by atoms with Crippen LogP contribution in [0.15, 0.2) is 34.1 Å². The Hall–Kier alpha value is -2.46. The summed E-state index contributed by atoms with van der Waals surface area (Å²) in [6.45, 7) is 6.22. The highest BCUT2D eigenvalue weighted by atomic mass is 35.5. The minimum atomic E-state index is 0.0312. The van der Waals surface area contributed by atoms with Gasteiger partial charge >= 0.3 is 0 Å². The number of rotatable bonds is 12. The minimum absolute atomic E-state index is 0.0312. The van der Waals surface area contributed by atoms with Gasteiger partial charge in [-0.15, -0.1) is 0 Å². The SMILES string of the molecule is CCOCCOc1c(Cl)c(Sc2ccccc2N)c(OCCOCC)c2c1C(=N)NC2=N. The van der Waals surface area contributed by atoms with Crippen molar-refractivity contribution in [3.05, 3.63) is 40.4 Å². The van der Waals surface area contributed by atoms with E-state index in [2.05, 4.69) is 5.32 Å². The summed E-state index contributed by atoms with van der Waals surface area (Å²) in [5.41, 5.74) is 7.58. The van der Waals surface area contributed by atoms with Gasteiger partial charge in [0.2, 0.25) is 0 Å². The first-order chi connectivity index (χ1) is 15.5. The van der Waals surface area contributed by atoms with Gasteiger partial charge in [0.15, 0.2) is 5.75 Å². The lowest BCUT2D eigenvalue weighted by Gasteiger charge is -2.20. The Labute approximate surface area is 196 Å². The number of hydrogen-bond donors (Lipinski definition) is 4. The zero-order chi connectivity index (χ0) is 23.1. The summed E-state index contributed by atoms with van der Waals surface area (Å²) in [4.78, 5) is 1.35. The summed E-state index contributed by atoms with van der Waals surface area (Å²) in [6.07, 6.45) is 0. The van der Waals surface area contributed by atoms with Crippen LogP contribution in [0.2, 0.25) is 5.02 Å². The van der Waals surface area contributed by atoms with Gasteiger partial charge in [0.05, 0.1) is 29.2 Å². The first-order valence-electron chi connectivity index (χ1n) is 10.3. The molecule has 5 N–H and O–H groups in total. The van der Waals surface area contributed by atoms with E-state index in [1.165, 1.54) is 11.8 Å². The van der Waals surface area contributed by atoms with E-state index in [-0.39, 0.29) is 24.9 Å². The zero-order valence-corrected chi connectivity index (χ0v) is 19.6. The highest BCUT2D eigenvalue weighted by Crippen LogP contribution is 2.51. The molecule has 0 atom stereocenters. The number of ether oxygens (including phenoxy) is 4. The number of amidine groups is 2. The number of nitrogens with two attached hydrogens (primary N) is 1. The second-order valence-electron chi connectivity index (χ2n) is 6.66. The summed E-state index contributed by atoms with van der Waals surface area (Å²) in [5, 5.41) is 19.8. The molecule has 0 saturated carbocycles. The summed E-state index contributed by atoms with van der Waals surface area (Å²) in [6, 6.07) is 7.42. The number of halogens is 1. The molecule has 1 aliphatic rings. The van der Waals surface area contributed by atoms with Crippen LogP contribution < -0.4 is 20.5 Å². The molecule has 1 aliphatic heterocycles. The third-order valence-electron chi connectivity index (χ3n) is 4.55. The van der Waals surface area contributed by atoms with E-state index in [1.54, 1.807) is 6.07 Å². The van der Waals surface area contributed by atoms with Gasteiger partial charge in [-0.05, 0) is 26.0 Å². The van der Waals surface area contributed by atoms with Crippen molar-refractivity contribution in [2.75, 3.05) is 45.4 Å². The minimum Gasteiger partial charge on any atom is -0.489 e. The van der Waals surface area contributed by atoms with E-state index >= 15 is 0 Å². The average molecular weight is 479 g/mol. The first kappa shape index (κ1) is 24.2. The molecule has 8 nitrogen and oxygen atoms in total. The zero-order valence-electron chi connectivity index (χ0n) is 18.0. The largest absolute Gasteiger partial charge is 0.489 e. The standard InChI is InChI=1S/C22H27ClN4O4S/c1-3-28-9-11-30-18-15-16(22(26)27-21(15)25)19(31-12-10-29-4-2)20(17(18)23)32-14-8-6-5-7-13(14)24/h5-8H,3-4,9-12,24H2,1-2H3,(H3,25,26,27). The first-order valence-corrected chi connectivity index (χ1v) is 11.5. The van der Waals surface area contributed by atoms with Crippen LogP contribution >= 0.6 is 23.4 Å². The summed E-state index contributed by atoms with van der Waals surface area (Å²) < 4.78 is 22.8. The topological polar surface area (TPSA) is 123 Å². The van der Waals surface area contributed by atoms with Gasteiger partial charge in [0.25, 0.3) is 0 Å². The monoisotopic (exact) mass is 478 g/mol. The number of nitrogen functional groups attached to an aromatic ring is 1. The van der Waals surface area contributed by atoms with Crippen molar-refractivity contribution in [2.45, 2.75) is 23.6 Å². The van der Waals surface area contributed by atoms with E-state index in [0.29, 0.717) is 64.7 Å². The third-order valence-corrected chi connectivity index (χ3v) is 6.20. The molecule has 0 radical (unpaired) electrons. The number of benzene rings is 2. The second-order valence-corrected chi connectivity index (χ2v) is 8.09. The Balaban J connectivity index is 2.10. The molecule has 10 heteroatoms. The number of para-hydroxylation sites is 1. The number of hydrogen-bond acceptors (Lipinski definition) is 8. The maximum Gasteiger partial charge on any atom is 0.151 e. The predicted octanol–water partition coefficient (Wildman–Crippen LogP) is 4.16. The number of fused-ring (bicyclic) bond motifs is 1. The van der Waals surface area contributed by atoms with Crippen molar-refractivity contribution in [3.63, 3.8) is 0 Å². The van der Waals surface area contributed by atoms with Crippen LogP contribution in [-0.4, -0.2) is 51.3 Å². The van der Waals surface area contributed by atoms with Gasteiger partial charge < -0.3 is 30.0 Å². The molecule has 0 fully saturated rings. The molecule has 0 bridgehead atoms. The number of anilines is 1. The molecular formula is C22H27ClN4O4S. The summed E-state index contributed by atoms with van der Waals surface area (Å²) >= 11 is 8.16. The van der Waals surface area contributed by atoms with Crippen molar-refractivity contribution in [1.29, 1.82) is 10.8 Å². The van der Waals surface area contributed by atoms with Gasteiger partial charge in [-0.25, -0.2) is 0 Å². The van der Waals surface area contributed by atoms with Crippen LogP contribution in [0.4, 0.5) is 5.69 Å². The summed E-state index contributed by atoms with van der Waals surface area (Å²) in [5.74, 6) is 0.791. The molecule has 172 valence electrons. The average Bonchev–Trinajstić information content (AvgIpc) is 3.07. The van der Waals surface area contributed by atoms with E-state index in [4.69, 9.17) is 47.1 Å². The van der Waals surface area contributed by atoms with Crippen molar-refractivity contribution >= 4 is 40.7 Å². The lowest BCUT2D eigenvalue weighted by Crippen LogP contribution is -2.20. The quantitative estimate of drug-likeness (QED) is 0.267. The van der Waals surface area contributed by atoms with Gasteiger partial charge in [0.1, 0.15) is 35.7 Å². The molecule has 0 saturated heterocycles. The van der Waals surface area contributed by atoms with Crippen LogP contribution in [-0.2, 0) is 9.47 Å². The number of nitrogens with one attached hydrogen (secondary N) is 3. The molecule has 2 aromatic carbocycles. The van der Waals surface area contributed by atoms with Crippen molar-refractivity contribution in [3.8, 4) is 11.5 Å². The molecule has 2 aromatic rings. The second kappa shape index (κ2) is 11.4. The highest BCUT2D eigenvalue weighted by molar-refractivity contribution is 7.99. The maximum atomic E-state index is 8.43. The van der Waals surface area contributed by atoms with Gasteiger partial charge in [-0.1, -0.05) is 35.5 Å². The highest BCUT2D eigenvalue weighted by Gasteiger charge is 2.35. The predicted molar refractivity (Wildman–Crippen MR) is 127 cm³/mol. The van der Waals surface area contributed by atoms with Crippen LogP contribution in [0.5, 0.6) is 11.5 Å². The molecule has 3 rings (SSSR count). The van der Waals surface area contributed by atoms with E-state index < -0.39 is 0 Å². The maximum absolute atomic E-state index is 8.43. The Kier molecular flexibility index (Phi) is 8.63. The lowest BCUT2D eigenvalue weighted by molar-refractivity contribution is 0.108. The molecule has 0 aromatic heterocycles. The molecule has 1 heterocycles. The van der Waals surface area contributed by atoms with Crippen LogP contribution in [0, 0.1) is 10.8 Å². The third kappa shape index (κ3) is 5.29. The smallest absolute Gasteiger partial charge is 0.151 e. The van der Waals surface area contributed by atoms with Crippen molar-refractivity contribution in [1.82, 2.24) is 5.32 Å². The van der Waals surface area contributed by atoms with Crippen LogP contribution in [0.3, 0.4) is 0 Å². The molecule has 0 spiro atoms. The fourth-order valence-corrected chi connectivity index (χ4v) is 4.46. The van der Waals surface area contributed by atoms with Crippen molar-refractivity contribution in [2.24, 2.45) is 0 Å². The van der Waals surface area contributed by atoms with E-state index in [1.807, 2.05) is 32.0 Å². The molecule has 0 aliphatic carbocycles. The van der Waals surface area contributed by atoms with Gasteiger partial charge in [-0.3, -0.25) is 10.8 Å². The molecule has 0 amide bonds. The normalized spacial score (nSPS) is 12.6. The van der Waals surface area contributed by atoms with E-state index in [9.17, 15) is 0 Å². The fraction of sp³-hybridized carbons (Fsp3) is 0.364. The molecular weight excluding hydrogens is 452 g/mol. The Morgan fingerprint density at radius 1 is 0.906 bits per heavy atom. The van der Waals surface area contributed by atoms with Gasteiger partial charge in [-0.2, -0.15) is 0 Å². The Bertz CT molecular complexity index is 1000. The van der Waals surface area contributed by atoms with Crippen molar-refractivity contribution < 1.29 is 18.9 Å². The fourth-order valence-electron chi connectivity index (χ4n) is 3.12. The Morgan fingerprint density at radius 3 is 2.06 bits per heavy atom.